The number of hydrogen-bond acceptors (Lipinski definition) is 2. The van der Waals surface area contributed by atoms with E-state index in [-0.39, 0.29) is 12.6 Å². The quantitative estimate of drug-likeness (QED) is 0.496. The maximum absolute atomic E-state index is 12.3. The Kier molecular flexibility index (Phi) is 5.21. The van der Waals surface area contributed by atoms with Crippen LogP contribution in [0.2, 0.25) is 0 Å². The molecule has 3 rings (SSSR count). The molecule has 3 aromatic rings. The summed E-state index contributed by atoms with van der Waals surface area (Å²) >= 11 is 0. The lowest BCUT2D eigenvalue weighted by Gasteiger charge is -2.09. The molecule has 3 aromatic carbocycles. The minimum absolute atomic E-state index is 0.271. The van der Waals surface area contributed by atoms with Crippen molar-refractivity contribution >= 4 is 11.5 Å². The van der Waals surface area contributed by atoms with Gasteiger partial charge in [0.1, 0.15) is 6.61 Å². The van der Waals surface area contributed by atoms with E-state index in [1.165, 1.54) is 0 Å². The molecule has 0 unspecified atom stereocenters. The third kappa shape index (κ3) is 4.20. The van der Waals surface area contributed by atoms with Gasteiger partial charge in [0, 0.05) is 6.08 Å². The predicted octanol–water partition coefficient (Wildman–Crippen LogP) is 4.86. The fraction of sp³-hybridized carbons (Fsp3) is 0.0455. The molecule has 0 amide bonds. The third-order valence-electron chi connectivity index (χ3n) is 3.66. The maximum Gasteiger partial charge on any atom is 0.331 e. The second-order valence-electron chi connectivity index (χ2n) is 5.38. The minimum Gasteiger partial charge on any atom is -0.458 e. The fourth-order valence-electron chi connectivity index (χ4n) is 2.46. The lowest BCUT2D eigenvalue weighted by atomic mass is 9.98. The molecule has 0 N–H and O–H groups in total. The van der Waals surface area contributed by atoms with E-state index in [1.807, 2.05) is 91.0 Å². The molecule has 0 aliphatic rings. The Hall–Kier alpha value is -3.13. The number of esters is 1. The van der Waals surface area contributed by atoms with Gasteiger partial charge in [-0.3, -0.25) is 0 Å². The largest absolute Gasteiger partial charge is 0.458 e. The molecular formula is C22H18O2. The van der Waals surface area contributed by atoms with Gasteiger partial charge in [0.05, 0.1) is 0 Å². The first-order valence-electron chi connectivity index (χ1n) is 7.86. The van der Waals surface area contributed by atoms with E-state index in [9.17, 15) is 4.79 Å². The highest BCUT2D eigenvalue weighted by molar-refractivity contribution is 5.96. The van der Waals surface area contributed by atoms with Gasteiger partial charge in [-0.05, 0) is 22.3 Å². The van der Waals surface area contributed by atoms with Gasteiger partial charge in [-0.25, -0.2) is 4.79 Å². The van der Waals surface area contributed by atoms with Crippen LogP contribution in [0.3, 0.4) is 0 Å². The van der Waals surface area contributed by atoms with Gasteiger partial charge in [0.15, 0.2) is 0 Å². The van der Waals surface area contributed by atoms with Crippen molar-refractivity contribution < 1.29 is 9.53 Å². The van der Waals surface area contributed by atoms with Crippen molar-refractivity contribution in [1.82, 2.24) is 0 Å². The number of carbonyl (C=O) groups is 1. The van der Waals surface area contributed by atoms with Gasteiger partial charge < -0.3 is 4.74 Å². The van der Waals surface area contributed by atoms with Crippen molar-refractivity contribution in [3.05, 3.63) is 114 Å². The molecule has 0 fully saturated rings. The fourth-order valence-corrected chi connectivity index (χ4v) is 2.46. The van der Waals surface area contributed by atoms with Gasteiger partial charge >= 0.3 is 5.97 Å². The van der Waals surface area contributed by atoms with Crippen LogP contribution >= 0.6 is 0 Å². The summed E-state index contributed by atoms with van der Waals surface area (Å²) in [6.45, 7) is 0.271. The average molecular weight is 314 g/mol. The monoisotopic (exact) mass is 314 g/mol. The zero-order valence-electron chi connectivity index (χ0n) is 13.3. The van der Waals surface area contributed by atoms with Crippen LogP contribution in [-0.4, -0.2) is 5.97 Å². The van der Waals surface area contributed by atoms with Crippen molar-refractivity contribution in [2.75, 3.05) is 0 Å². The number of carbonyl (C=O) groups excluding carboxylic acids is 1. The summed E-state index contributed by atoms with van der Waals surface area (Å²) < 4.78 is 5.39. The van der Waals surface area contributed by atoms with Crippen LogP contribution in [0.4, 0.5) is 0 Å². The van der Waals surface area contributed by atoms with Crippen LogP contribution in [0.1, 0.15) is 16.7 Å². The molecule has 0 radical (unpaired) electrons. The summed E-state index contributed by atoms with van der Waals surface area (Å²) in [7, 11) is 0. The van der Waals surface area contributed by atoms with Crippen LogP contribution < -0.4 is 0 Å². The van der Waals surface area contributed by atoms with Gasteiger partial charge in [0.2, 0.25) is 0 Å². The highest BCUT2D eigenvalue weighted by Gasteiger charge is 2.08. The van der Waals surface area contributed by atoms with Crippen LogP contribution in [0.25, 0.3) is 5.57 Å². The Morgan fingerprint density at radius 3 is 1.67 bits per heavy atom. The Balaban J connectivity index is 1.82. The van der Waals surface area contributed by atoms with Crippen LogP contribution in [0.15, 0.2) is 97.1 Å². The van der Waals surface area contributed by atoms with Crippen LogP contribution in [0.5, 0.6) is 0 Å². The van der Waals surface area contributed by atoms with Crippen molar-refractivity contribution in [2.24, 2.45) is 0 Å². The predicted molar refractivity (Wildman–Crippen MR) is 96.2 cm³/mol. The summed E-state index contributed by atoms with van der Waals surface area (Å²) in [6.07, 6.45) is 1.56. The smallest absolute Gasteiger partial charge is 0.331 e. The van der Waals surface area contributed by atoms with E-state index < -0.39 is 0 Å². The van der Waals surface area contributed by atoms with E-state index in [0.29, 0.717) is 0 Å². The topological polar surface area (TPSA) is 26.3 Å². The standard InChI is InChI=1S/C22H18O2/c23-22(24-17-18-10-4-1-5-11-18)16-21(19-12-6-2-7-13-19)20-14-8-3-9-15-20/h1-16H,17H2. The van der Waals surface area contributed by atoms with Crippen molar-refractivity contribution in [3.8, 4) is 0 Å². The lowest BCUT2D eigenvalue weighted by molar-refractivity contribution is -0.138. The SMILES string of the molecule is O=C(C=C(c1ccccc1)c1ccccc1)OCc1ccccc1. The molecule has 0 saturated heterocycles. The van der Waals surface area contributed by atoms with Crippen molar-refractivity contribution in [3.63, 3.8) is 0 Å². The van der Waals surface area contributed by atoms with Crippen molar-refractivity contribution in [1.29, 1.82) is 0 Å². The second-order valence-corrected chi connectivity index (χ2v) is 5.38. The van der Waals surface area contributed by atoms with E-state index >= 15 is 0 Å². The molecule has 0 aliphatic heterocycles. The first-order valence-corrected chi connectivity index (χ1v) is 7.86. The molecule has 0 aliphatic carbocycles. The Labute approximate surface area is 142 Å². The highest BCUT2D eigenvalue weighted by atomic mass is 16.5. The molecule has 2 nitrogen and oxygen atoms in total. The van der Waals surface area contributed by atoms with E-state index in [0.717, 1.165) is 22.3 Å². The molecule has 0 atom stereocenters. The van der Waals surface area contributed by atoms with Crippen molar-refractivity contribution in [2.45, 2.75) is 6.61 Å². The number of rotatable bonds is 5. The van der Waals surface area contributed by atoms with E-state index in [1.54, 1.807) is 6.08 Å². The molecule has 2 heteroatoms. The third-order valence-corrected chi connectivity index (χ3v) is 3.66. The Morgan fingerprint density at radius 2 is 1.17 bits per heavy atom. The summed E-state index contributed by atoms with van der Waals surface area (Å²) in [5.74, 6) is -0.346. The Morgan fingerprint density at radius 1 is 0.708 bits per heavy atom. The average Bonchev–Trinajstić information content (AvgIpc) is 2.67. The number of benzene rings is 3. The van der Waals surface area contributed by atoms with Gasteiger partial charge in [-0.15, -0.1) is 0 Å². The summed E-state index contributed by atoms with van der Waals surface area (Å²) in [5, 5.41) is 0. The first-order chi connectivity index (χ1) is 11.8. The van der Waals surface area contributed by atoms with Gasteiger partial charge in [0.25, 0.3) is 0 Å². The highest BCUT2D eigenvalue weighted by Crippen LogP contribution is 2.23. The first kappa shape index (κ1) is 15.8. The normalized spacial score (nSPS) is 10.0. The minimum atomic E-state index is -0.346. The molecule has 0 aromatic heterocycles. The van der Waals surface area contributed by atoms with Crippen LogP contribution in [-0.2, 0) is 16.1 Å². The lowest BCUT2D eigenvalue weighted by Crippen LogP contribution is -2.03. The van der Waals surface area contributed by atoms with Gasteiger partial charge in [-0.1, -0.05) is 91.0 Å². The molecule has 0 saturated carbocycles. The van der Waals surface area contributed by atoms with Gasteiger partial charge in [-0.2, -0.15) is 0 Å². The molecule has 0 bridgehead atoms. The number of ether oxygens (including phenoxy) is 1. The summed E-state index contributed by atoms with van der Waals surface area (Å²) in [6, 6.07) is 29.4. The molecular weight excluding hydrogens is 296 g/mol. The second kappa shape index (κ2) is 7.93. The van der Waals surface area contributed by atoms with Crippen LogP contribution in [0, 0.1) is 0 Å². The van der Waals surface area contributed by atoms with E-state index in [2.05, 4.69) is 0 Å². The molecule has 0 heterocycles. The zero-order chi connectivity index (χ0) is 16.6. The Bertz CT molecular complexity index is 765. The maximum atomic E-state index is 12.3. The molecule has 24 heavy (non-hydrogen) atoms. The zero-order valence-corrected chi connectivity index (χ0v) is 13.3. The molecule has 0 spiro atoms. The molecule has 118 valence electrons. The summed E-state index contributed by atoms with van der Waals surface area (Å²) in [4.78, 5) is 12.3. The van der Waals surface area contributed by atoms with E-state index in [4.69, 9.17) is 4.74 Å². The number of hydrogen-bond donors (Lipinski definition) is 0. The summed E-state index contributed by atoms with van der Waals surface area (Å²) in [5.41, 5.74) is 3.80.